The van der Waals surface area contributed by atoms with E-state index in [4.69, 9.17) is 0 Å². The first-order valence-corrected chi connectivity index (χ1v) is 10.4. The highest BCUT2D eigenvalue weighted by Crippen LogP contribution is 2.39. The molecule has 0 spiro atoms. The number of phenols is 2. The van der Waals surface area contributed by atoms with Gasteiger partial charge in [0.05, 0.1) is 17.7 Å². The molecule has 11 heteroatoms. The molecule has 0 radical (unpaired) electrons. The Labute approximate surface area is 172 Å². The SMILES string of the molecule is O=C(Cc1csc(-c2c(O)cccc2O)n1)NC1C(=O)N2C(C(=O)O)=CCSC12. The topological polar surface area (TPSA) is 140 Å². The summed E-state index contributed by atoms with van der Waals surface area (Å²) in [5.41, 5.74) is 0.563. The minimum atomic E-state index is -1.17. The number of rotatable bonds is 5. The highest BCUT2D eigenvalue weighted by molar-refractivity contribution is 8.00. The van der Waals surface area contributed by atoms with Gasteiger partial charge in [0.15, 0.2) is 0 Å². The molecule has 9 nitrogen and oxygen atoms in total. The quantitative estimate of drug-likeness (QED) is 0.515. The zero-order valence-electron chi connectivity index (χ0n) is 14.7. The van der Waals surface area contributed by atoms with Crippen molar-refractivity contribution in [1.82, 2.24) is 15.2 Å². The van der Waals surface area contributed by atoms with Crippen LogP contribution in [0.5, 0.6) is 11.5 Å². The van der Waals surface area contributed by atoms with Gasteiger partial charge >= 0.3 is 5.97 Å². The van der Waals surface area contributed by atoms with Gasteiger partial charge in [0.25, 0.3) is 5.91 Å². The molecule has 29 heavy (non-hydrogen) atoms. The number of carbonyl (C=O) groups excluding carboxylic acids is 2. The molecule has 1 saturated heterocycles. The normalized spacial score (nSPS) is 20.5. The Kier molecular flexibility index (Phi) is 4.92. The van der Waals surface area contributed by atoms with Crippen molar-refractivity contribution in [3.8, 4) is 22.1 Å². The Bertz CT molecular complexity index is 1030. The number of benzene rings is 1. The molecule has 1 aromatic heterocycles. The van der Waals surface area contributed by atoms with Crippen molar-refractivity contribution in [2.75, 3.05) is 5.75 Å². The van der Waals surface area contributed by atoms with E-state index in [-0.39, 0.29) is 29.2 Å². The van der Waals surface area contributed by atoms with E-state index in [1.54, 1.807) is 5.38 Å². The Morgan fingerprint density at radius 1 is 1.28 bits per heavy atom. The lowest BCUT2D eigenvalue weighted by Crippen LogP contribution is -2.70. The molecular weight excluding hydrogens is 418 g/mol. The Morgan fingerprint density at radius 3 is 2.69 bits per heavy atom. The molecule has 2 atom stereocenters. The summed E-state index contributed by atoms with van der Waals surface area (Å²) < 4.78 is 0. The van der Waals surface area contributed by atoms with Crippen molar-refractivity contribution in [2.45, 2.75) is 17.8 Å². The predicted molar refractivity (Wildman–Crippen MR) is 105 cm³/mol. The van der Waals surface area contributed by atoms with Gasteiger partial charge in [-0.25, -0.2) is 9.78 Å². The molecule has 1 aromatic carbocycles. The number of carboxylic acid groups (broad SMARTS) is 1. The lowest BCUT2D eigenvalue weighted by atomic mass is 10.0. The second-order valence-corrected chi connectivity index (χ2v) is 8.37. The molecule has 4 N–H and O–H groups in total. The lowest BCUT2D eigenvalue weighted by molar-refractivity contribution is -0.150. The number of hydrogen-bond donors (Lipinski definition) is 4. The first kappa shape index (κ1) is 19.3. The van der Waals surface area contributed by atoms with Gasteiger partial charge in [0, 0.05) is 11.1 Å². The average molecular weight is 433 g/mol. The zero-order valence-corrected chi connectivity index (χ0v) is 16.4. The summed E-state index contributed by atoms with van der Waals surface area (Å²) in [4.78, 5) is 41.4. The van der Waals surface area contributed by atoms with E-state index < -0.39 is 29.2 Å². The fraction of sp³-hybridized carbons (Fsp3) is 0.222. The predicted octanol–water partition coefficient (Wildman–Crippen LogP) is 1.13. The minimum absolute atomic E-state index is 0.0594. The summed E-state index contributed by atoms with van der Waals surface area (Å²) in [6.45, 7) is 0. The first-order chi connectivity index (χ1) is 13.9. The third kappa shape index (κ3) is 3.42. The number of aliphatic carboxylic acids is 1. The van der Waals surface area contributed by atoms with Gasteiger partial charge in [-0.05, 0) is 18.2 Å². The van der Waals surface area contributed by atoms with Crippen molar-refractivity contribution in [3.63, 3.8) is 0 Å². The summed E-state index contributed by atoms with van der Waals surface area (Å²) in [6.07, 6.45) is 1.39. The van der Waals surface area contributed by atoms with Crippen LogP contribution in [-0.4, -0.2) is 60.2 Å². The molecular formula is C18H15N3O6S2. The number of nitrogens with one attached hydrogen (secondary N) is 1. The third-order valence-electron chi connectivity index (χ3n) is 4.51. The molecule has 2 amide bonds. The van der Waals surface area contributed by atoms with Crippen LogP contribution >= 0.6 is 23.1 Å². The van der Waals surface area contributed by atoms with E-state index in [1.165, 1.54) is 52.3 Å². The van der Waals surface area contributed by atoms with Crippen molar-refractivity contribution in [1.29, 1.82) is 0 Å². The highest BCUT2D eigenvalue weighted by Gasteiger charge is 2.52. The van der Waals surface area contributed by atoms with Gasteiger partial charge in [-0.3, -0.25) is 14.5 Å². The fourth-order valence-corrected chi connectivity index (χ4v) is 5.25. The summed E-state index contributed by atoms with van der Waals surface area (Å²) in [7, 11) is 0. The van der Waals surface area contributed by atoms with Gasteiger partial charge in [-0.15, -0.1) is 23.1 Å². The molecule has 2 unspecified atom stereocenters. The standard InChI is InChI=1S/C18H15N3O6S2/c22-10-2-1-3-11(23)13(10)15-19-8(7-29-15)6-12(24)20-14-16(25)21-9(18(26)27)4-5-28-17(14)21/h1-4,7,14,17,22-23H,5-6H2,(H,20,24)(H,26,27). The van der Waals surface area contributed by atoms with E-state index in [9.17, 15) is 29.7 Å². The number of β-lactam (4-membered cyclic amide) rings is 1. The Hall–Kier alpha value is -3.05. The summed E-state index contributed by atoms with van der Waals surface area (Å²) in [6, 6.07) is 3.58. The number of hydrogen-bond acceptors (Lipinski definition) is 8. The van der Waals surface area contributed by atoms with Crippen LogP contribution in [0.4, 0.5) is 0 Å². The number of aromatic nitrogens is 1. The first-order valence-electron chi connectivity index (χ1n) is 8.50. The van der Waals surface area contributed by atoms with Crippen LogP contribution < -0.4 is 5.32 Å². The molecule has 2 aliphatic rings. The number of amides is 2. The van der Waals surface area contributed by atoms with Gasteiger partial charge in [-0.2, -0.15) is 0 Å². The number of nitrogens with zero attached hydrogens (tertiary/aromatic N) is 2. The number of phenolic OH excluding ortho intramolecular Hbond substituents is 2. The highest BCUT2D eigenvalue weighted by atomic mass is 32.2. The minimum Gasteiger partial charge on any atom is -0.507 e. The number of carbonyl (C=O) groups is 3. The monoisotopic (exact) mass is 433 g/mol. The number of aromatic hydroxyl groups is 2. The smallest absolute Gasteiger partial charge is 0.352 e. The van der Waals surface area contributed by atoms with Gasteiger partial charge in [0.2, 0.25) is 5.91 Å². The molecule has 0 aliphatic carbocycles. The number of thiazole rings is 1. The largest absolute Gasteiger partial charge is 0.507 e. The van der Waals surface area contributed by atoms with Crippen LogP contribution in [0.1, 0.15) is 5.69 Å². The van der Waals surface area contributed by atoms with Crippen molar-refractivity contribution < 1.29 is 29.7 Å². The lowest BCUT2D eigenvalue weighted by Gasteiger charge is -2.48. The summed E-state index contributed by atoms with van der Waals surface area (Å²) in [5.74, 6) is -1.84. The summed E-state index contributed by atoms with van der Waals surface area (Å²) >= 11 is 2.55. The van der Waals surface area contributed by atoms with E-state index >= 15 is 0 Å². The zero-order chi connectivity index (χ0) is 20.7. The number of carboxylic acids is 1. The van der Waals surface area contributed by atoms with E-state index in [1.807, 2.05) is 0 Å². The van der Waals surface area contributed by atoms with Crippen molar-refractivity contribution in [2.24, 2.45) is 0 Å². The Balaban J connectivity index is 1.42. The van der Waals surface area contributed by atoms with Crippen LogP contribution in [-0.2, 0) is 20.8 Å². The van der Waals surface area contributed by atoms with Crippen LogP contribution in [0.2, 0.25) is 0 Å². The van der Waals surface area contributed by atoms with Crippen LogP contribution in [0.3, 0.4) is 0 Å². The molecule has 0 saturated carbocycles. The maximum atomic E-state index is 12.4. The van der Waals surface area contributed by atoms with Gasteiger partial charge in [-0.1, -0.05) is 6.07 Å². The molecule has 150 valence electrons. The summed E-state index contributed by atoms with van der Waals surface area (Å²) in [5, 5.41) is 33.2. The number of thioether (sulfide) groups is 1. The van der Waals surface area contributed by atoms with E-state index in [0.717, 1.165) is 0 Å². The van der Waals surface area contributed by atoms with E-state index in [2.05, 4.69) is 10.3 Å². The Morgan fingerprint density at radius 2 is 2.00 bits per heavy atom. The molecule has 4 rings (SSSR count). The molecule has 0 bridgehead atoms. The second kappa shape index (κ2) is 7.41. The van der Waals surface area contributed by atoms with E-state index in [0.29, 0.717) is 16.5 Å². The molecule has 2 aromatic rings. The van der Waals surface area contributed by atoms with Gasteiger partial charge in [0.1, 0.15) is 33.6 Å². The third-order valence-corrected chi connectivity index (χ3v) is 6.60. The fourth-order valence-electron chi connectivity index (χ4n) is 3.18. The van der Waals surface area contributed by atoms with Crippen LogP contribution in [0, 0.1) is 0 Å². The maximum Gasteiger partial charge on any atom is 0.352 e. The van der Waals surface area contributed by atoms with Crippen molar-refractivity contribution in [3.05, 3.63) is 41.0 Å². The van der Waals surface area contributed by atoms with Crippen molar-refractivity contribution >= 4 is 40.9 Å². The second-order valence-electron chi connectivity index (χ2n) is 6.36. The number of fused-ring (bicyclic) bond motifs is 1. The molecule has 3 heterocycles. The molecule has 2 aliphatic heterocycles. The molecule has 1 fully saturated rings. The van der Waals surface area contributed by atoms with Crippen LogP contribution in [0.25, 0.3) is 10.6 Å². The van der Waals surface area contributed by atoms with Crippen LogP contribution in [0.15, 0.2) is 35.4 Å². The average Bonchev–Trinajstić information content (AvgIpc) is 3.13. The maximum absolute atomic E-state index is 12.4. The van der Waals surface area contributed by atoms with Gasteiger partial charge < -0.3 is 20.6 Å².